The van der Waals surface area contributed by atoms with Gasteiger partial charge in [-0.15, -0.1) is 0 Å². The Morgan fingerprint density at radius 2 is 0.856 bits per heavy atom. The molecule has 0 aromatic heterocycles. The van der Waals surface area contributed by atoms with Crippen molar-refractivity contribution in [2.24, 2.45) is 40.4 Å². The number of nitrogens with zero attached hydrogens (tertiary/aromatic N) is 3. The van der Waals surface area contributed by atoms with Crippen LogP contribution in [0.5, 0.6) is 0 Å². The van der Waals surface area contributed by atoms with Crippen molar-refractivity contribution in [3.63, 3.8) is 0 Å². The van der Waals surface area contributed by atoms with Crippen LogP contribution >= 0.6 is 0 Å². The van der Waals surface area contributed by atoms with Crippen molar-refractivity contribution in [1.82, 2.24) is 0 Å². The number of fused-ring (bicyclic) bond motifs is 4. The van der Waals surface area contributed by atoms with E-state index in [2.05, 4.69) is 329 Å². The largest absolute Gasteiger partial charge is 0.365 e. The molecule has 4 heteroatoms. The average Bonchev–Trinajstić information content (AvgIpc) is 0.689. The molecule has 3 atom stereocenters. The maximum absolute atomic E-state index is 2.96. The van der Waals surface area contributed by atoms with Gasteiger partial charge in [0.1, 0.15) is 0 Å². The van der Waals surface area contributed by atoms with Crippen molar-refractivity contribution in [1.29, 1.82) is 0 Å². The van der Waals surface area contributed by atoms with Crippen LogP contribution in [-0.2, 0) is 0 Å². The van der Waals surface area contributed by atoms with E-state index in [1.54, 1.807) is 5.57 Å². The Morgan fingerprint density at radius 1 is 0.392 bits per heavy atom. The van der Waals surface area contributed by atoms with Crippen LogP contribution in [0.2, 0.25) is 0 Å². The van der Waals surface area contributed by atoms with Gasteiger partial charge in [-0.1, -0.05) is 296 Å². The second kappa shape index (κ2) is 22.3. The van der Waals surface area contributed by atoms with Gasteiger partial charge in [-0.25, -0.2) is 0 Å². The summed E-state index contributed by atoms with van der Waals surface area (Å²) in [4.78, 5) is 8.51. The van der Waals surface area contributed by atoms with Gasteiger partial charge in [-0.05, 0) is 175 Å². The van der Waals surface area contributed by atoms with Crippen LogP contribution in [-0.4, -0.2) is 18.8 Å². The Morgan fingerprint density at radius 3 is 1.33 bits per heavy atom. The van der Waals surface area contributed by atoms with Gasteiger partial charge in [-0.3, -0.25) is 0 Å². The zero-order valence-corrected chi connectivity index (χ0v) is 56.7. The Bertz CT molecular complexity index is 4890. The molecule has 0 spiro atoms. The molecule has 20 rings (SSSR count). The highest BCUT2D eigenvalue weighted by atomic mass is 15.2. The van der Waals surface area contributed by atoms with Gasteiger partial charge in [0.2, 0.25) is 0 Å². The number of hydrogen-bond donors (Lipinski definition) is 0. The van der Waals surface area contributed by atoms with Gasteiger partial charge < -0.3 is 14.7 Å². The van der Waals surface area contributed by atoms with E-state index >= 15 is 0 Å². The monoisotopic (exact) mass is 1250 g/mol. The summed E-state index contributed by atoms with van der Waals surface area (Å²) in [6.07, 6.45) is 23.1. The Hall–Kier alpha value is -9.90. The van der Waals surface area contributed by atoms with E-state index in [-0.39, 0.29) is 23.5 Å². The first kappa shape index (κ1) is 58.5. The van der Waals surface area contributed by atoms with Crippen LogP contribution in [0.25, 0.3) is 61.2 Å². The molecule has 97 heavy (non-hydrogen) atoms. The normalized spacial score (nSPS) is 22.3. The lowest BCUT2D eigenvalue weighted by Crippen LogP contribution is -2.62. The van der Waals surface area contributed by atoms with E-state index in [0.29, 0.717) is 23.9 Å². The summed E-state index contributed by atoms with van der Waals surface area (Å²) in [6, 6.07) is 91.9. The first-order chi connectivity index (χ1) is 47.3. The maximum Gasteiger partial charge on any atom is 0.252 e. The van der Waals surface area contributed by atoms with Crippen LogP contribution in [0.15, 0.2) is 301 Å². The van der Waals surface area contributed by atoms with Crippen molar-refractivity contribution in [3.05, 3.63) is 306 Å². The van der Waals surface area contributed by atoms with Crippen LogP contribution in [0, 0.1) is 40.4 Å². The molecule has 4 fully saturated rings. The third-order valence-corrected chi connectivity index (χ3v) is 23.8. The Labute approximate surface area is 574 Å². The predicted octanol–water partition coefficient (Wildman–Crippen LogP) is 22.3. The van der Waals surface area contributed by atoms with Gasteiger partial charge in [0.05, 0.1) is 11.4 Å². The fourth-order valence-corrected chi connectivity index (χ4v) is 19.5. The average molecular weight is 1250 g/mol. The molecule has 0 N–H and O–H groups in total. The quantitative estimate of drug-likeness (QED) is 0.133. The number of benzene rings is 10. The van der Waals surface area contributed by atoms with Crippen LogP contribution in [0.3, 0.4) is 0 Å². The molecule has 10 aliphatic rings. The highest BCUT2D eigenvalue weighted by molar-refractivity contribution is 7.00. The van der Waals surface area contributed by atoms with Gasteiger partial charge in [0, 0.05) is 74.6 Å². The van der Waals surface area contributed by atoms with Gasteiger partial charge in [0.25, 0.3) is 6.71 Å². The molecule has 3 unspecified atom stereocenters. The molecule has 0 amide bonds. The number of para-hydroxylation sites is 2. The van der Waals surface area contributed by atoms with Gasteiger partial charge >= 0.3 is 0 Å². The maximum atomic E-state index is 2.96. The Balaban J connectivity index is 0.965. The number of anilines is 7. The van der Waals surface area contributed by atoms with E-state index < -0.39 is 0 Å². The first-order valence-corrected chi connectivity index (χ1v) is 36.0. The summed E-state index contributed by atoms with van der Waals surface area (Å²) in [5, 5.41) is 0. The van der Waals surface area contributed by atoms with E-state index in [9.17, 15) is 0 Å². The molecule has 4 aliphatic heterocycles. The number of piperidine rings is 2. The van der Waals surface area contributed by atoms with Crippen LogP contribution in [0.4, 0.5) is 39.8 Å². The van der Waals surface area contributed by atoms with Gasteiger partial charge in [0.15, 0.2) is 0 Å². The third kappa shape index (κ3) is 9.51. The predicted molar refractivity (Wildman–Crippen MR) is 410 cm³/mol. The number of allylic oxidation sites excluding steroid dienone is 12. The van der Waals surface area contributed by atoms with Crippen LogP contribution in [0.1, 0.15) is 85.6 Å². The lowest BCUT2D eigenvalue weighted by atomic mass is 9.33. The topological polar surface area (TPSA) is 9.72 Å². The fourth-order valence-electron chi connectivity index (χ4n) is 19.5. The van der Waals surface area contributed by atoms with E-state index in [1.807, 2.05) is 0 Å². The fraction of sp³-hybridized carbons (Fsp3) is 0.226. The van der Waals surface area contributed by atoms with Crippen molar-refractivity contribution in [2.45, 2.75) is 92.2 Å². The summed E-state index contributed by atoms with van der Waals surface area (Å²) < 4.78 is 0. The minimum Gasteiger partial charge on any atom is -0.365 e. The zero-order valence-electron chi connectivity index (χ0n) is 56.7. The molecule has 6 aliphatic carbocycles. The SMILES string of the molecule is CC(C)(C)C1=CC2=C(c3ccc4c(c3)B3c5cc(-c6ccccc6)ccc5N(c5c(-c6ccccc6)cccc5-c5ccccc5)c5cc(N6C7CC8CC(C7)CC6C8)cc(c53)N4c3c(-c4ccccc4)cccc3-c3ccccc3)C=C3C=C(C(C)(C)C)CC4C=CC(=C1)C2C34. The van der Waals surface area contributed by atoms with E-state index in [1.165, 1.54) is 177 Å². The molecule has 2 saturated carbocycles. The first-order valence-electron chi connectivity index (χ1n) is 36.0. The Kier molecular flexibility index (Phi) is 13.5. The van der Waals surface area contributed by atoms with E-state index in [0.717, 1.165) is 18.3 Å². The standard InChI is InChI=1S/C93H82BN3/c1-92(2,3)70-49-67-38-39-68-50-71(93(4,5)6)55-80-79(52-69(51-70)87(67)88(68)80)66-41-43-84-82(54-66)94-81-53-65(60-24-12-7-13-25-60)40-42-83(81)96(90-75(61-26-14-8-15-27-61)34-22-35-76(90)62-28-16-9-17-29-62)85-56-74(95-72-45-58-44-59(47-72)48-73(95)46-58)57-86(89(85)94)97(84)91-77(63-30-18-10-19-31-63)36-23-37-78(91)64-32-20-11-21-33-64/h7-43,50-59,67,72-73,87-88H,44-49H2,1-6H3. The highest BCUT2D eigenvalue weighted by Crippen LogP contribution is 2.60. The molecule has 0 radical (unpaired) electrons. The molecule has 4 heterocycles. The summed E-state index contributed by atoms with van der Waals surface area (Å²) in [5.41, 5.74) is 34.6. The molecule has 4 bridgehead atoms. The van der Waals surface area contributed by atoms with Crippen molar-refractivity contribution < 1.29 is 0 Å². The molecular weight excluding hydrogens is 1170 g/mol. The van der Waals surface area contributed by atoms with E-state index in [4.69, 9.17) is 0 Å². The summed E-state index contributed by atoms with van der Waals surface area (Å²) in [7, 11) is 0. The second-order valence-corrected chi connectivity index (χ2v) is 31.6. The van der Waals surface area contributed by atoms with Crippen molar-refractivity contribution in [3.8, 4) is 55.6 Å². The zero-order chi connectivity index (χ0) is 65.0. The van der Waals surface area contributed by atoms with Crippen molar-refractivity contribution >= 4 is 68.5 Å². The van der Waals surface area contributed by atoms with Gasteiger partial charge in [-0.2, -0.15) is 0 Å². The molecule has 10 aromatic rings. The second-order valence-electron chi connectivity index (χ2n) is 31.6. The third-order valence-electron chi connectivity index (χ3n) is 23.8. The summed E-state index contributed by atoms with van der Waals surface area (Å²) in [6.45, 7) is 14.3. The number of hydrogen-bond acceptors (Lipinski definition) is 3. The molecule has 2 saturated heterocycles. The highest BCUT2D eigenvalue weighted by Gasteiger charge is 2.51. The minimum atomic E-state index is -0.178. The molecule has 472 valence electrons. The smallest absolute Gasteiger partial charge is 0.252 e. The number of rotatable bonds is 9. The lowest BCUT2D eigenvalue weighted by Gasteiger charge is -2.58. The molecule has 3 nitrogen and oxygen atoms in total. The summed E-state index contributed by atoms with van der Waals surface area (Å²) in [5.74, 6) is 2.70. The summed E-state index contributed by atoms with van der Waals surface area (Å²) >= 11 is 0. The van der Waals surface area contributed by atoms with Crippen molar-refractivity contribution in [2.75, 3.05) is 14.7 Å². The molecule has 10 aromatic carbocycles. The molecular formula is C93H82BN3. The van der Waals surface area contributed by atoms with Crippen LogP contribution < -0.4 is 31.1 Å². The lowest BCUT2D eigenvalue weighted by molar-refractivity contribution is 0.0900. The minimum absolute atomic E-state index is 0.0462.